The lowest BCUT2D eigenvalue weighted by molar-refractivity contribution is -0.119. The number of nitrogens with two attached hydrogens (primary N) is 1. The number of rotatable bonds is 7. The summed E-state index contributed by atoms with van der Waals surface area (Å²) >= 11 is 0. The second-order valence-electron chi connectivity index (χ2n) is 10.7. The highest BCUT2D eigenvalue weighted by atomic mass is 19.1. The van der Waals surface area contributed by atoms with Crippen LogP contribution in [0.15, 0.2) is 42.5 Å². The zero-order valence-electron chi connectivity index (χ0n) is 22.2. The van der Waals surface area contributed by atoms with E-state index in [-0.39, 0.29) is 37.4 Å². The Morgan fingerprint density at radius 3 is 2.61 bits per heavy atom. The third kappa shape index (κ3) is 6.00. The first-order valence-electron chi connectivity index (χ1n) is 13.4. The van der Waals surface area contributed by atoms with E-state index in [2.05, 4.69) is 5.32 Å². The molecule has 0 radical (unpaired) electrons. The van der Waals surface area contributed by atoms with Gasteiger partial charge in [0.25, 0.3) is 0 Å². The predicted octanol–water partition coefficient (Wildman–Crippen LogP) is 2.74. The highest BCUT2D eigenvalue weighted by molar-refractivity contribution is 5.75. The molecule has 2 saturated heterocycles. The number of amides is 3. The van der Waals surface area contributed by atoms with Crippen LogP contribution in [0.4, 0.5) is 9.18 Å². The average molecular weight is 527 g/mol. The first-order chi connectivity index (χ1) is 18.1. The lowest BCUT2D eigenvalue weighted by Crippen LogP contribution is -2.52. The molecule has 4 rings (SSSR count). The highest BCUT2D eigenvalue weighted by Gasteiger charge is 2.44. The second-order valence-corrected chi connectivity index (χ2v) is 10.7. The number of aliphatic hydroxyl groups excluding tert-OH is 1. The van der Waals surface area contributed by atoms with Crippen LogP contribution in [0.2, 0.25) is 0 Å². The molecular weight excluding hydrogens is 487 g/mol. The Kier molecular flexibility index (Phi) is 8.70. The number of hydrogen-bond donors (Lipinski definition) is 4. The Bertz CT molecular complexity index is 1150. The van der Waals surface area contributed by atoms with Crippen LogP contribution in [-0.4, -0.2) is 76.8 Å². The maximum Gasteiger partial charge on any atom is 0.320 e. The van der Waals surface area contributed by atoms with Gasteiger partial charge in [-0.3, -0.25) is 4.79 Å². The molecule has 8 nitrogen and oxygen atoms in total. The molecule has 206 valence electrons. The zero-order chi connectivity index (χ0) is 27.4. The molecule has 0 aliphatic carbocycles. The molecule has 9 heteroatoms. The molecule has 2 unspecified atom stereocenters. The van der Waals surface area contributed by atoms with Crippen LogP contribution in [0, 0.1) is 18.7 Å². The molecule has 2 aliphatic heterocycles. The van der Waals surface area contributed by atoms with E-state index in [0.717, 1.165) is 5.56 Å². The van der Waals surface area contributed by atoms with Crippen LogP contribution >= 0.6 is 0 Å². The lowest BCUT2D eigenvalue weighted by Gasteiger charge is -2.44. The van der Waals surface area contributed by atoms with Gasteiger partial charge in [-0.15, -0.1) is 0 Å². The molecule has 0 saturated carbocycles. The number of benzene rings is 2. The van der Waals surface area contributed by atoms with Crippen LogP contribution in [0.3, 0.4) is 0 Å². The SMILES string of the molecule is CC(=O)NCCCC(O)(c1cccc(F)c1-c1cccc(C)c1)C1CCCN(C(=O)N2C[C@@H](N)[C@@H](O)C2)C1. The molecule has 2 aromatic carbocycles. The summed E-state index contributed by atoms with van der Waals surface area (Å²) < 4.78 is 15.5. The smallest absolute Gasteiger partial charge is 0.320 e. The van der Waals surface area contributed by atoms with Gasteiger partial charge in [0, 0.05) is 57.2 Å². The Labute approximate surface area is 223 Å². The van der Waals surface area contributed by atoms with Crippen molar-refractivity contribution in [1.82, 2.24) is 15.1 Å². The van der Waals surface area contributed by atoms with Gasteiger partial charge in [-0.25, -0.2) is 9.18 Å². The van der Waals surface area contributed by atoms with E-state index in [4.69, 9.17) is 5.73 Å². The minimum absolute atomic E-state index is 0.153. The predicted molar refractivity (Wildman–Crippen MR) is 144 cm³/mol. The number of hydrogen-bond acceptors (Lipinski definition) is 5. The molecule has 2 aromatic rings. The standard InChI is InChI=1S/C29H39FN4O4/c1-19-7-3-8-21(15-19)27-23(10-4-11-24(27)30)29(38,12-6-13-32-20(2)35)22-9-5-14-33(16-22)28(37)34-17-25(31)26(36)18-34/h3-4,7-8,10-11,15,22,25-26,36,38H,5-6,9,12-14,16-18,31H2,1-2H3,(H,32,35)/t22?,25-,26+,29?/m1/s1. The maximum absolute atomic E-state index is 15.5. The van der Waals surface area contributed by atoms with Crippen molar-refractivity contribution in [2.45, 2.75) is 57.3 Å². The fourth-order valence-electron chi connectivity index (χ4n) is 5.87. The summed E-state index contributed by atoms with van der Waals surface area (Å²) in [5.74, 6) is -0.929. The topological polar surface area (TPSA) is 119 Å². The van der Waals surface area contributed by atoms with Crippen LogP contribution < -0.4 is 11.1 Å². The quantitative estimate of drug-likeness (QED) is 0.414. The summed E-state index contributed by atoms with van der Waals surface area (Å²) in [5.41, 5.74) is 6.99. The fraction of sp³-hybridized carbons (Fsp3) is 0.517. The third-order valence-corrected chi connectivity index (χ3v) is 7.87. The molecule has 0 bridgehead atoms. The molecule has 4 atom stereocenters. The number of urea groups is 1. The number of carbonyl (C=O) groups is 2. The third-order valence-electron chi connectivity index (χ3n) is 7.87. The summed E-state index contributed by atoms with van der Waals surface area (Å²) in [6.45, 7) is 5.06. The van der Waals surface area contributed by atoms with Gasteiger partial charge >= 0.3 is 6.03 Å². The van der Waals surface area contributed by atoms with E-state index in [9.17, 15) is 19.8 Å². The van der Waals surface area contributed by atoms with Crippen molar-refractivity contribution in [3.05, 3.63) is 59.4 Å². The Balaban J connectivity index is 1.68. The van der Waals surface area contributed by atoms with Gasteiger partial charge in [0.2, 0.25) is 5.91 Å². The number of halogens is 1. The van der Waals surface area contributed by atoms with Crippen molar-refractivity contribution in [2.24, 2.45) is 11.7 Å². The Morgan fingerprint density at radius 2 is 1.92 bits per heavy atom. The molecule has 5 N–H and O–H groups in total. The number of piperidine rings is 1. The Hall–Kier alpha value is -3.01. The van der Waals surface area contributed by atoms with Crippen LogP contribution in [0.25, 0.3) is 11.1 Å². The first-order valence-corrected chi connectivity index (χ1v) is 13.4. The van der Waals surface area contributed by atoms with E-state index in [1.54, 1.807) is 21.9 Å². The van der Waals surface area contributed by atoms with Gasteiger partial charge in [0.05, 0.1) is 11.7 Å². The molecule has 0 spiro atoms. The van der Waals surface area contributed by atoms with E-state index in [0.29, 0.717) is 55.6 Å². The summed E-state index contributed by atoms with van der Waals surface area (Å²) in [4.78, 5) is 28.0. The minimum atomic E-state index is -1.44. The van der Waals surface area contributed by atoms with Crippen molar-refractivity contribution >= 4 is 11.9 Å². The monoisotopic (exact) mass is 526 g/mol. The molecule has 2 aliphatic rings. The molecule has 38 heavy (non-hydrogen) atoms. The van der Waals surface area contributed by atoms with Crippen molar-refractivity contribution in [3.63, 3.8) is 0 Å². The van der Waals surface area contributed by atoms with Crippen LogP contribution in [-0.2, 0) is 10.4 Å². The van der Waals surface area contributed by atoms with Gasteiger partial charge in [-0.1, -0.05) is 42.0 Å². The number of nitrogens with zero attached hydrogens (tertiary/aromatic N) is 2. The van der Waals surface area contributed by atoms with Gasteiger partial charge in [0.1, 0.15) is 5.82 Å². The van der Waals surface area contributed by atoms with E-state index in [1.807, 2.05) is 31.2 Å². The van der Waals surface area contributed by atoms with Crippen LogP contribution in [0.5, 0.6) is 0 Å². The molecule has 3 amide bonds. The van der Waals surface area contributed by atoms with Crippen molar-refractivity contribution < 1.29 is 24.2 Å². The largest absolute Gasteiger partial charge is 0.390 e. The fourth-order valence-corrected chi connectivity index (χ4v) is 5.87. The average Bonchev–Trinajstić information content (AvgIpc) is 3.23. The number of aryl methyl sites for hydroxylation is 1. The number of likely N-dealkylation sites (tertiary alicyclic amines) is 2. The van der Waals surface area contributed by atoms with Crippen molar-refractivity contribution in [1.29, 1.82) is 0 Å². The summed E-state index contributed by atoms with van der Waals surface area (Å²) in [5, 5.41) is 25.3. The number of aliphatic hydroxyl groups is 2. The molecular formula is C29H39FN4O4. The molecule has 2 fully saturated rings. The molecule has 2 heterocycles. The first kappa shape index (κ1) is 28.0. The summed E-state index contributed by atoms with van der Waals surface area (Å²) in [6, 6.07) is 11.6. The van der Waals surface area contributed by atoms with Gasteiger partial charge in [-0.2, -0.15) is 0 Å². The zero-order valence-corrected chi connectivity index (χ0v) is 22.2. The van der Waals surface area contributed by atoms with Gasteiger partial charge in [-0.05, 0) is 49.8 Å². The normalized spacial score (nSPS) is 23.3. The lowest BCUT2D eigenvalue weighted by atomic mass is 9.72. The summed E-state index contributed by atoms with van der Waals surface area (Å²) in [7, 11) is 0. The van der Waals surface area contributed by atoms with E-state index >= 15 is 4.39 Å². The van der Waals surface area contributed by atoms with E-state index in [1.165, 1.54) is 13.0 Å². The van der Waals surface area contributed by atoms with Crippen molar-refractivity contribution in [3.8, 4) is 11.1 Å². The number of carbonyl (C=O) groups excluding carboxylic acids is 2. The van der Waals surface area contributed by atoms with Gasteiger partial charge in [0.15, 0.2) is 0 Å². The summed E-state index contributed by atoms with van der Waals surface area (Å²) in [6.07, 6.45) is 1.36. The minimum Gasteiger partial charge on any atom is -0.390 e. The maximum atomic E-state index is 15.5. The molecule has 0 aromatic heterocycles. The van der Waals surface area contributed by atoms with Crippen LogP contribution in [0.1, 0.15) is 43.7 Å². The highest BCUT2D eigenvalue weighted by Crippen LogP contribution is 2.44. The number of nitrogens with one attached hydrogen (secondary N) is 1. The van der Waals surface area contributed by atoms with E-state index < -0.39 is 23.6 Å². The number of β-amino-alcohol motifs (C(OH)–C–C–N with tert-alkyl or cyclic N) is 1. The van der Waals surface area contributed by atoms with Crippen molar-refractivity contribution in [2.75, 3.05) is 32.7 Å². The Morgan fingerprint density at radius 1 is 1.16 bits per heavy atom. The second kappa shape index (κ2) is 11.8. The van der Waals surface area contributed by atoms with Gasteiger partial charge < -0.3 is 31.1 Å².